The van der Waals surface area contributed by atoms with E-state index < -0.39 is 32.6 Å². The minimum absolute atomic E-state index is 0.00580. The maximum Gasteiger partial charge on any atom is 0.251 e. The smallest absolute Gasteiger partial charge is 0.251 e. The molecule has 4 N–H and O–H groups in total. The third-order valence-electron chi connectivity index (χ3n) is 3.81. The Morgan fingerprint density at radius 1 is 1.14 bits per heavy atom. The van der Waals surface area contributed by atoms with E-state index in [4.69, 9.17) is 5.73 Å². The molecule has 0 aliphatic rings. The van der Waals surface area contributed by atoms with Gasteiger partial charge < -0.3 is 11.1 Å². The molecule has 0 aliphatic heterocycles. The average molecular weight is 405 g/mol. The Bertz CT molecular complexity index is 1010. The van der Waals surface area contributed by atoms with Gasteiger partial charge in [0.1, 0.15) is 10.7 Å². The number of benzene rings is 2. The molecule has 0 unspecified atom stereocenters. The van der Waals surface area contributed by atoms with Gasteiger partial charge in [-0.15, -0.1) is 6.58 Å². The summed E-state index contributed by atoms with van der Waals surface area (Å²) in [5.41, 5.74) is 6.40. The summed E-state index contributed by atoms with van der Waals surface area (Å²) in [6.45, 7) is 3.55. The van der Waals surface area contributed by atoms with Gasteiger partial charge >= 0.3 is 0 Å². The number of halogens is 1. The molecule has 28 heavy (non-hydrogen) atoms. The largest absolute Gasteiger partial charge is 0.366 e. The van der Waals surface area contributed by atoms with E-state index in [9.17, 15) is 22.4 Å². The summed E-state index contributed by atoms with van der Waals surface area (Å²) in [6.07, 6.45) is 1.75. The zero-order valence-corrected chi connectivity index (χ0v) is 15.8. The van der Waals surface area contributed by atoms with Gasteiger partial charge in [0.05, 0.1) is 0 Å². The Balaban J connectivity index is 2.06. The van der Waals surface area contributed by atoms with Crippen LogP contribution in [-0.2, 0) is 16.4 Å². The predicted octanol–water partition coefficient (Wildman–Crippen LogP) is 1.36. The molecule has 7 nitrogen and oxygen atoms in total. The van der Waals surface area contributed by atoms with Crippen LogP contribution in [0.15, 0.2) is 60.0 Å². The van der Waals surface area contributed by atoms with Crippen molar-refractivity contribution in [3.8, 4) is 0 Å². The van der Waals surface area contributed by atoms with Crippen LogP contribution in [0, 0.1) is 5.82 Å². The Kier molecular flexibility index (Phi) is 7.02. The zero-order valence-electron chi connectivity index (χ0n) is 14.9. The molecule has 0 heterocycles. The van der Waals surface area contributed by atoms with Crippen LogP contribution in [0.2, 0.25) is 0 Å². The number of rotatable bonds is 9. The van der Waals surface area contributed by atoms with E-state index in [1.807, 2.05) is 0 Å². The third-order valence-corrected chi connectivity index (χ3v) is 5.25. The number of sulfonamides is 1. The number of amides is 2. The third kappa shape index (κ3) is 5.48. The van der Waals surface area contributed by atoms with Crippen molar-refractivity contribution in [2.75, 3.05) is 13.1 Å². The fourth-order valence-electron chi connectivity index (χ4n) is 2.40. The maximum atomic E-state index is 13.9. The van der Waals surface area contributed by atoms with E-state index in [0.717, 1.165) is 17.7 Å². The van der Waals surface area contributed by atoms with Crippen molar-refractivity contribution in [1.29, 1.82) is 0 Å². The summed E-state index contributed by atoms with van der Waals surface area (Å²) >= 11 is 0. The summed E-state index contributed by atoms with van der Waals surface area (Å²) in [6, 6.07) is 9.78. The Labute approximate surface area is 162 Å². The molecule has 0 bridgehead atoms. The number of primary amides is 1. The molecule has 0 radical (unpaired) electrons. The Morgan fingerprint density at radius 3 is 2.57 bits per heavy atom. The minimum atomic E-state index is -4.11. The lowest BCUT2D eigenvalue weighted by Crippen LogP contribution is -2.27. The molecule has 0 atom stereocenters. The fraction of sp³-hybridized carbons (Fsp3) is 0.158. The lowest BCUT2D eigenvalue weighted by atomic mass is 10.1. The highest BCUT2D eigenvalue weighted by atomic mass is 32.2. The molecule has 2 aromatic carbocycles. The van der Waals surface area contributed by atoms with Crippen molar-refractivity contribution in [1.82, 2.24) is 10.0 Å². The van der Waals surface area contributed by atoms with Crippen molar-refractivity contribution >= 4 is 21.8 Å². The predicted molar refractivity (Wildman–Crippen MR) is 103 cm³/mol. The summed E-state index contributed by atoms with van der Waals surface area (Å²) in [4.78, 5) is 22.8. The Hall–Kier alpha value is -3.04. The fourth-order valence-corrected chi connectivity index (χ4v) is 3.50. The average Bonchev–Trinajstić information content (AvgIpc) is 2.66. The molecule has 0 aromatic heterocycles. The normalized spacial score (nSPS) is 11.0. The van der Waals surface area contributed by atoms with E-state index >= 15 is 0 Å². The van der Waals surface area contributed by atoms with Crippen molar-refractivity contribution in [2.24, 2.45) is 5.73 Å². The lowest BCUT2D eigenvalue weighted by Gasteiger charge is -2.09. The molecule has 0 aliphatic carbocycles. The first-order chi connectivity index (χ1) is 13.2. The number of nitrogens with two attached hydrogens (primary N) is 1. The molecule has 148 valence electrons. The van der Waals surface area contributed by atoms with Crippen LogP contribution in [0.25, 0.3) is 0 Å². The second-order valence-electron chi connectivity index (χ2n) is 5.86. The van der Waals surface area contributed by atoms with Crippen LogP contribution in [-0.4, -0.2) is 33.3 Å². The SMILES string of the molecule is C=CCNS(=O)(=O)c1cc(C(=O)NCCc2cccc(C(N)=O)c2)ccc1F. The van der Waals surface area contributed by atoms with E-state index in [0.29, 0.717) is 12.0 Å². The highest BCUT2D eigenvalue weighted by molar-refractivity contribution is 7.89. The van der Waals surface area contributed by atoms with Crippen LogP contribution in [0.5, 0.6) is 0 Å². The monoisotopic (exact) mass is 405 g/mol. The van der Waals surface area contributed by atoms with Gasteiger partial charge in [-0.1, -0.05) is 18.2 Å². The summed E-state index contributed by atoms with van der Waals surface area (Å²) in [5, 5.41) is 2.63. The van der Waals surface area contributed by atoms with Gasteiger partial charge in [0, 0.05) is 24.2 Å². The Morgan fingerprint density at radius 2 is 1.89 bits per heavy atom. The van der Waals surface area contributed by atoms with Gasteiger partial charge in [-0.3, -0.25) is 9.59 Å². The van der Waals surface area contributed by atoms with Crippen molar-refractivity contribution in [3.05, 3.63) is 77.6 Å². The first-order valence-corrected chi connectivity index (χ1v) is 9.80. The van der Waals surface area contributed by atoms with Gasteiger partial charge in [0.15, 0.2) is 0 Å². The van der Waals surface area contributed by atoms with Gasteiger partial charge in [-0.25, -0.2) is 17.5 Å². The molecular weight excluding hydrogens is 385 g/mol. The van der Waals surface area contributed by atoms with Crippen molar-refractivity contribution in [3.63, 3.8) is 0 Å². The lowest BCUT2D eigenvalue weighted by molar-refractivity contribution is 0.0952. The summed E-state index contributed by atoms with van der Waals surface area (Å²) in [5.74, 6) is -2.06. The second kappa shape index (κ2) is 9.25. The number of carbonyl (C=O) groups excluding carboxylic acids is 2. The summed E-state index contributed by atoms with van der Waals surface area (Å²) in [7, 11) is -4.11. The molecule has 2 aromatic rings. The van der Waals surface area contributed by atoms with Gasteiger partial charge in [0.25, 0.3) is 5.91 Å². The van der Waals surface area contributed by atoms with Crippen LogP contribution in [0.4, 0.5) is 4.39 Å². The van der Waals surface area contributed by atoms with Crippen molar-refractivity contribution < 1.29 is 22.4 Å². The standard InChI is InChI=1S/C19H20FN3O4S/c1-2-9-23-28(26,27)17-12-15(6-7-16(17)20)19(25)22-10-8-13-4-3-5-14(11-13)18(21)24/h2-7,11-12,23H,1,8-10H2,(H2,21,24)(H,22,25). The van der Waals surface area contributed by atoms with E-state index in [-0.39, 0.29) is 18.7 Å². The molecule has 2 amide bonds. The molecule has 0 fully saturated rings. The molecule has 2 rings (SSSR count). The molecule has 0 saturated carbocycles. The van der Waals surface area contributed by atoms with Crippen LogP contribution >= 0.6 is 0 Å². The quantitative estimate of drug-likeness (QED) is 0.546. The second-order valence-corrected chi connectivity index (χ2v) is 7.59. The maximum absolute atomic E-state index is 13.9. The minimum Gasteiger partial charge on any atom is -0.366 e. The highest BCUT2D eigenvalue weighted by Crippen LogP contribution is 2.16. The number of nitrogens with one attached hydrogen (secondary N) is 2. The van der Waals surface area contributed by atoms with Crippen LogP contribution in [0.3, 0.4) is 0 Å². The number of hydrogen-bond donors (Lipinski definition) is 3. The summed E-state index contributed by atoms with van der Waals surface area (Å²) < 4.78 is 40.3. The van der Waals surface area contributed by atoms with Gasteiger partial charge in [0.2, 0.25) is 15.9 Å². The first-order valence-electron chi connectivity index (χ1n) is 8.31. The van der Waals surface area contributed by atoms with Gasteiger partial charge in [-0.05, 0) is 42.3 Å². The number of carbonyl (C=O) groups is 2. The molecule has 9 heteroatoms. The van der Waals surface area contributed by atoms with Crippen LogP contribution < -0.4 is 15.8 Å². The topological polar surface area (TPSA) is 118 Å². The van der Waals surface area contributed by atoms with Gasteiger partial charge in [-0.2, -0.15) is 0 Å². The zero-order chi connectivity index (χ0) is 20.7. The number of hydrogen-bond acceptors (Lipinski definition) is 4. The molecule has 0 saturated heterocycles. The molecular formula is C19H20FN3O4S. The first kappa shape index (κ1) is 21.3. The van der Waals surface area contributed by atoms with E-state index in [1.54, 1.807) is 24.3 Å². The van der Waals surface area contributed by atoms with Crippen molar-refractivity contribution in [2.45, 2.75) is 11.3 Å². The van der Waals surface area contributed by atoms with Crippen LogP contribution in [0.1, 0.15) is 26.3 Å². The van der Waals surface area contributed by atoms with E-state index in [1.165, 1.54) is 12.1 Å². The molecule has 0 spiro atoms. The van der Waals surface area contributed by atoms with E-state index in [2.05, 4.69) is 16.6 Å². The highest BCUT2D eigenvalue weighted by Gasteiger charge is 2.20.